The molecule has 6 nitrogen and oxygen atoms in total. The van der Waals surface area contributed by atoms with E-state index in [9.17, 15) is 14.4 Å². The van der Waals surface area contributed by atoms with Gasteiger partial charge in [0.2, 0.25) is 5.91 Å². The maximum absolute atomic E-state index is 12.3. The number of benzene rings is 1. The van der Waals surface area contributed by atoms with Crippen molar-refractivity contribution in [2.45, 2.75) is 6.04 Å². The molecule has 1 aromatic rings. The number of carbonyl (C=O) groups is 3. The molecule has 4 amide bonds. The summed E-state index contributed by atoms with van der Waals surface area (Å²) >= 11 is 11.9. The highest BCUT2D eigenvalue weighted by molar-refractivity contribution is 6.37. The van der Waals surface area contributed by atoms with Crippen LogP contribution in [0.2, 0.25) is 10.0 Å². The second-order valence-corrected chi connectivity index (χ2v) is 5.34. The lowest BCUT2D eigenvalue weighted by Gasteiger charge is -2.26. The number of fused-ring (bicyclic) bond motifs is 1. The van der Waals surface area contributed by atoms with E-state index in [0.717, 1.165) is 4.90 Å². The standard InChI is InChI=1S/C12H9Cl2N3O3/c13-6-1-2-7(14)8(3-6)17-11(19)9-4-15-10(18)5-16(9)12(17)20/h1-3,9H,4-5H2,(H,15,18). The van der Waals surface area contributed by atoms with E-state index in [4.69, 9.17) is 23.2 Å². The molecule has 1 unspecified atom stereocenters. The Morgan fingerprint density at radius 3 is 2.70 bits per heavy atom. The monoisotopic (exact) mass is 313 g/mol. The van der Waals surface area contributed by atoms with Gasteiger partial charge in [-0.05, 0) is 18.2 Å². The predicted octanol–water partition coefficient (Wildman–Crippen LogP) is 1.26. The lowest BCUT2D eigenvalue weighted by atomic mass is 10.2. The van der Waals surface area contributed by atoms with Gasteiger partial charge in [-0.2, -0.15) is 0 Å². The van der Waals surface area contributed by atoms with Gasteiger partial charge in [0, 0.05) is 11.6 Å². The lowest BCUT2D eigenvalue weighted by Crippen LogP contribution is -2.54. The molecule has 0 bridgehead atoms. The second-order valence-electron chi connectivity index (χ2n) is 4.50. The van der Waals surface area contributed by atoms with Crippen molar-refractivity contribution in [1.29, 1.82) is 0 Å². The molecule has 0 saturated carbocycles. The van der Waals surface area contributed by atoms with Gasteiger partial charge >= 0.3 is 6.03 Å². The van der Waals surface area contributed by atoms with E-state index in [1.165, 1.54) is 17.0 Å². The third-order valence-corrected chi connectivity index (χ3v) is 3.83. The topological polar surface area (TPSA) is 69.7 Å². The van der Waals surface area contributed by atoms with Crippen molar-refractivity contribution in [3.63, 3.8) is 0 Å². The van der Waals surface area contributed by atoms with E-state index < -0.39 is 18.0 Å². The molecule has 2 heterocycles. The summed E-state index contributed by atoms with van der Waals surface area (Å²) in [5, 5.41) is 3.17. The van der Waals surface area contributed by atoms with Crippen LogP contribution in [0.15, 0.2) is 18.2 Å². The first-order valence-corrected chi connectivity index (χ1v) is 6.61. The van der Waals surface area contributed by atoms with Crippen LogP contribution in [0.5, 0.6) is 0 Å². The molecule has 3 rings (SSSR count). The second kappa shape index (κ2) is 4.64. The van der Waals surface area contributed by atoms with E-state index in [0.29, 0.717) is 5.02 Å². The Morgan fingerprint density at radius 2 is 1.95 bits per heavy atom. The van der Waals surface area contributed by atoms with Crippen molar-refractivity contribution in [3.05, 3.63) is 28.2 Å². The Balaban J connectivity index is 2.02. The quantitative estimate of drug-likeness (QED) is 0.794. The summed E-state index contributed by atoms with van der Waals surface area (Å²) in [5.41, 5.74) is 0.232. The number of nitrogens with one attached hydrogen (secondary N) is 1. The Kier molecular flexibility index (Phi) is 3.07. The van der Waals surface area contributed by atoms with E-state index in [1.54, 1.807) is 6.07 Å². The molecule has 20 heavy (non-hydrogen) atoms. The average molecular weight is 314 g/mol. The van der Waals surface area contributed by atoms with Gasteiger partial charge in [0.05, 0.1) is 10.7 Å². The van der Waals surface area contributed by atoms with Crippen LogP contribution in [0, 0.1) is 0 Å². The molecular weight excluding hydrogens is 305 g/mol. The minimum Gasteiger partial charge on any atom is -0.352 e. The molecule has 0 spiro atoms. The summed E-state index contributed by atoms with van der Waals surface area (Å²) in [7, 11) is 0. The van der Waals surface area contributed by atoms with Crippen molar-refractivity contribution >= 4 is 46.7 Å². The van der Waals surface area contributed by atoms with Crippen LogP contribution in [0.1, 0.15) is 0 Å². The minimum absolute atomic E-state index is 0.109. The Hall–Kier alpha value is -1.79. The van der Waals surface area contributed by atoms with Gasteiger partial charge in [-0.1, -0.05) is 23.2 Å². The summed E-state index contributed by atoms with van der Waals surface area (Å²) in [5.74, 6) is -0.708. The number of halogens is 2. The van der Waals surface area contributed by atoms with Crippen molar-refractivity contribution in [3.8, 4) is 0 Å². The van der Waals surface area contributed by atoms with Crippen LogP contribution in [-0.2, 0) is 9.59 Å². The molecule has 0 radical (unpaired) electrons. The molecule has 1 N–H and O–H groups in total. The number of imide groups is 1. The molecular formula is C12H9Cl2N3O3. The van der Waals surface area contributed by atoms with Crippen molar-refractivity contribution in [1.82, 2.24) is 10.2 Å². The lowest BCUT2D eigenvalue weighted by molar-refractivity contribution is -0.126. The van der Waals surface area contributed by atoms with Crippen LogP contribution < -0.4 is 10.2 Å². The highest BCUT2D eigenvalue weighted by Crippen LogP contribution is 2.33. The van der Waals surface area contributed by atoms with Crippen LogP contribution in [0.3, 0.4) is 0 Å². The number of urea groups is 1. The Morgan fingerprint density at radius 1 is 1.20 bits per heavy atom. The molecule has 1 atom stereocenters. The van der Waals surface area contributed by atoms with Gasteiger partial charge in [-0.15, -0.1) is 0 Å². The predicted molar refractivity (Wildman–Crippen MR) is 72.8 cm³/mol. The molecule has 2 fully saturated rings. The van der Waals surface area contributed by atoms with E-state index >= 15 is 0 Å². The SMILES string of the molecule is O=C1CN2C(=O)N(c3cc(Cl)ccc3Cl)C(=O)C2CN1. The number of hydrogen-bond donors (Lipinski definition) is 1. The van der Waals surface area contributed by atoms with Crippen LogP contribution >= 0.6 is 23.2 Å². The number of amides is 4. The number of anilines is 1. The molecule has 104 valence electrons. The van der Waals surface area contributed by atoms with Crippen LogP contribution in [-0.4, -0.2) is 41.9 Å². The zero-order chi connectivity index (χ0) is 14.4. The third kappa shape index (κ3) is 1.92. The summed E-state index contributed by atoms with van der Waals surface area (Å²) < 4.78 is 0. The molecule has 2 aliphatic rings. The molecule has 2 saturated heterocycles. The smallest absolute Gasteiger partial charge is 0.332 e. The van der Waals surface area contributed by atoms with Crippen molar-refractivity contribution in [2.75, 3.05) is 18.0 Å². The zero-order valence-electron chi connectivity index (χ0n) is 10.1. The van der Waals surface area contributed by atoms with Crippen molar-refractivity contribution < 1.29 is 14.4 Å². The van der Waals surface area contributed by atoms with Crippen LogP contribution in [0.25, 0.3) is 0 Å². The van der Waals surface area contributed by atoms with E-state index in [1.807, 2.05) is 0 Å². The maximum atomic E-state index is 12.3. The van der Waals surface area contributed by atoms with Gasteiger partial charge in [0.15, 0.2) is 0 Å². The fraction of sp³-hybridized carbons (Fsp3) is 0.250. The first-order chi connectivity index (χ1) is 9.49. The average Bonchev–Trinajstić information content (AvgIpc) is 2.65. The summed E-state index contributed by atoms with van der Waals surface area (Å²) in [6, 6.07) is 3.29. The van der Waals surface area contributed by atoms with Gasteiger partial charge < -0.3 is 10.2 Å². The van der Waals surface area contributed by atoms with Gasteiger partial charge in [-0.25, -0.2) is 9.69 Å². The highest BCUT2D eigenvalue weighted by Gasteiger charge is 2.48. The summed E-state index contributed by atoms with van der Waals surface area (Å²) in [6.45, 7) is -0.0258. The van der Waals surface area contributed by atoms with Gasteiger partial charge in [0.25, 0.3) is 5.91 Å². The summed E-state index contributed by atoms with van der Waals surface area (Å²) in [6.07, 6.45) is 0. The molecule has 8 heteroatoms. The van der Waals surface area contributed by atoms with E-state index in [2.05, 4.69) is 5.32 Å². The zero-order valence-corrected chi connectivity index (χ0v) is 11.6. The van der Waals surface area contributed by atoms with Gasteiger partial charge in [-0.3, -0.25) is 9.59 Å². The van der Waals surface area contributed by atoms with Gasteiger partial charge in [0.1, 0.15) is 12.6 Å². The number of nitrogens with zero attached hydrogens (tertiary/aromatic N) is 2. The number of piperazine rings is 1. The minimum atomic E-state index is -0.685. The third-order valence-electron chi connectivity index (χ3n) is 3.27. The fourth-order valence-corrected chi connectivity index (χ4v) is 2.68. The highest BCUT2D eigenvalue weighted by atomic mass is 35.5. The first kappa shape index (κ1) is 13.2. The maximum Gasteiger partial charge on any atom is 0.332 e. The van der Waals surface area contributed by atoms with E-state index in [-0.39, 0.29) is 29.7 Å². The Bertz CT molecular complexity index is 634. The number of rotatable bonds is 1. The Labute approximate surface area is 124 Å². The molecule has 0 aromatic heterocycles. The number of hydrogen-bond acceptors (Lipinski definition) is 3. The first-order valence-electron chi connectivity index (χ1n) is 5.85. The normalized spacial score (nSPS) is 22.1. The largest absolute Gasteiger partial charge is 0.352 e. The van der Waals surface area contributed by atoms with Crippen molar-refractivity contribution in [2.24, 2.45) is 0 Å². The molecule has 1 aromatic carbocycles. The summed E-state index contributed by atoms with van der Waals surface area (Å²) in [4.78, 5) is 38.2. The fourth-order valence-electron chi connectivity index (χ4n) is 2.31. The number of carbonyl (C=O) groups excluding carboxylic acids is 3. The molecule has 0 aliphatic carbocycles. The molecule has 2 aliphatic heterocycles. The van der Waals surface area contributed by atoms with Crippen LogP contribution in [0.4, 0.5) is 10.5 Å².